The maximum Gasteiger partial charge on any atom is 0.243 e. The molecule has 0 saturated carbocycles. The van der Waals surface area contributed by atoms with Crippen LogP contribution < -0.4 is 5.73 Å². The highest BCUT2D eigenvalue weighted by atomic mass is 32.2. The lowest BCUT2D eigenvalue weighted by Gasteiger charge is -2.37. The van der Waals surface area contributed by atoms with E-state index in [-0.39, 0.29) is 34.8 Å². The van der Waals surface area contributed by atoms with Gasteiger partial charge in [-0.05, 0) is 32.4 Å². The molecule has 0 amide bonds. The predicted molar refractivity (Wildman–Crippen MR) is 78.9 cm³/mol. The third kappa shape index (κ3) is 3.04. The molecule has 1 aliphatic rings. The zero-order valence-electron chi connectivity index (χ0n) is 12.5. The van der Waals surface area contributed by atoms with Gasteiger partial charge in [0, 0.05) is 23.8 Å². The molecule has 2 N–H and O–H groups in total. The predicted octanol–water partition coefficient (Wildman–Crippen LogP) is 1.90. The van der Waals surface area contributed by atoms with Crippen molar-refractivity contribution in [3.8, 4) is 0 Å². The number of halogens is 1. The van der Waals surface area contributed by atoms with Gasteiger partial charge < -0.3 is 10.5 Å². The van der Waals surface area contributed by atoms with E-state index in [2.05, 4.69) is 0 Å². The maximum absolute atomic E-state index is 13.8. The molecule has 118 valence electrons. The van der Waals surface area contributed by atoms with Crippen molar-refractivity contribution in [1.82, 2.24) is 4.31 Å². The van der Waals surface area contributed by atoms with Crippen molar-refractivity contribution in [2.24, 2.45) is 0 Å². The van der Waals surface area contributed by atoms with Gasteiger partial charge in [0.05, 0.1) is 17.6 Å². The molecule has 1 aromatic carbocycles. The molecule has 0 radical (unpaired) electrons. The molecular formula is C14H21FN2O3S. The van der Waals surface area contributed by atoms with Gasteiger partial charge in [0.1, 0.15) is 5.82 Å². The molecule has 0 spiro atoms. The number of hydrogen-bond donors (Lipinski definition) is 1. The van der Waals surface area contributed by atoms with E-state index in [1.54, 1.807) is 0 Å². The number of anilines is 1. The smallest absolute Gasteiger partial charge is 0.243 e. The Balaban J connectivity index is 2.45. The summed E-state index contributed by atoms with van der Waals surface area (Å²) in [6.07, 6.45) is 0.450. The Morgan fingerprint density at radius 3 is 2.71 bits per heavy atom. The van der Waals surface area contributed by atoms with Gasteiger partial charge in [-0.25, -0.2) is 12.8 Å². The molecule has 2 unspecified atom stereocenters. The van der Waals surface area contributed by atoms with Crippen LogP contribution in [0.15, 0.2) is 17.0 Å². The largest absolute Gasteiger partial charge is 0.398 e. The monoisotopic (exact) mass is 316 g/mol. The van der Waals surface area contributed by atoms with Crippen LogP contribution in [0.25, 0.3) is 0 Å². The second-order valence-corrected chi connectivity index (χ2v) is 7.29. The molecule has 21 heavy (non-hydrogen) atoms. The summed E-state index contributed by atoms with van der Waals surface area (Å²) < 4.78 is 46.2. The summed E-state index contributed by atoms with van der Waals surface area (Å²) in [4.78, 5) is -0.101. The van der Waals surface area contributed by atoms with Crippen LogP contribution in [0.1, 0.15) is 25.8 Å². The summed E-state index contributed by atoms with van der Waals surface area (Å²) >= 11 is 0. The number of rotatable bonds is 3. The second-order valence-electron chi connectivity index (χ2n) is 5.40. The lowest BCUT2D eigenvalue weighted by molar-refractivity contribution is -0.0230. The van der Waals surface area contributed by atoms with Gasteiger partial charge in [0.2, 0.25) is 10.0 Å². The first-order chi connectivity index (χ1) is 9.77. The molecule has 7 heteroatoms. The molecule has 2 atom stereocenters. The molecule has 1 aliphatic heterocycles. The minimum absolute atomic E-state index is 0.101. The van der Waals surface area contributed by atoms with Crippen molar-refractivity contribution >= 4 is 15.7 Å². The Bertz CT molecular complexity index is 610. The van der Waals surface area contributed by atoms with E-state index in [9.17, 15) is 12.8 Å². The first-order valence-corrected chi connectivity index (χ1v) is 8.40. The third-order valence-electron chi connectivity index (χ3n) is 3.85. The Labute approximate surface area is 124 Å². The lowest BCUT2D eigenvalue weighted by atomic mass is 10.2. The van der Waals surface area contributed by atoms with Crippen LogP contribution in [-0.4, -0.2) is 38.0 Å². The minimum atomic E-state index is -3.78. The SMILES string of the molecule is CCC1COC(C)CN1S(=O)(=O)c1cc(N)c(C)c(F)c1. The van der Waals surface area contributed by atoms with Crippen LogP contribution in [0.2, 0.25) is 0 Å². The fraction of sp³-hybridized carbons (Fsp3) is 0.571. The van der Waals surface area contributed by atoms with E-state index in [0.29, 0.717) is 13.0 Å². The number of ether oxygens (including phenoxy) is 1. The molecule has 1 fully saturated rings. The molecule has 0 aromatic heterocycles. The number of sulfonamides is 1. The average Bonchev–Trinajstić information content (AvgIpc) is 2.44. The number of nitrogen functional groups attached to an aromatic ring is 1. The summed E-state index contributed by atoms with van der Waals surface area (Å²) in [7, 11) is -3.78. The molecule has 5 nitrogen and oxygen atoms in total. The van der Waals surface area contributed by atoms with E-state index < -0.39 is 15.8 Å². The zero-order chi connectivity index (χ0) is 15.8. The summed E-state index contributed by atoms with van der Waals surface area (Å²) in [6.45, 7) is 5.85. The molecule has 1 saturated heterocycles. The van der Waals surface area contributed by atoms with Crippen molar-refractivity contribution in [2.45, 2.75) is 44.2 Å². The number of benzene rings is 1. The lowest BCUT2D eigenvalue weighted by Crippen LogP contribution is -2.51. The summed E-state index contributed by atoms with van der Waals surface area (Å²) in [5, 5.41) is 0. The van der Waals surface area contributed by atoms with Crippen LogP contribution >= 0.6 is 0 Å². The van der Waals surface area contributed by atoms with Crippen LogP contribution in [0, 0.1) is 12.7 Å². The van der Waals surface area contributed by atoms with E-state index >= 15 is 0 Å². The first kappa shape index (κ1) is 16.2. The van der Waals surface area contributed by atoms with E-state index in [1.165, 1.54) is 17.3 Å². The van der Waals surface area contributed by atoms with Gasteiger partial charge in [-0.1, -0.05) is 6.92 Å². The minimum Gasteiger partial charge on any atom is -0.398 e. The van der Waals surface area contributed by atoms with Crippen LogP contribution in [-0.2, 0) is 14.8 Å². The van der Waals surface area contributed by atoms with Crippen molar-refractivity contribution in [2.75, 3.05) is 18.9 Å². The topological polar surface area (TPSA) is 72.6 Å². The van der Waals surface area contributed by atoms with Crippen molar-refractivity contribution < 1.29 is 17.5 Å². The van der Waals surface area contributed by atoms with Gasteiger partial charge in [0.15, 0.2) is 0 Å². The van der Waals surface area contributed by atoms with Gasteiger partial charge >= 0.3 is 0 Å². The van der Waals surface area contributed by atoms with Crippen molar-refractivity contribution in [1.29, 1.82) is 0 Å². The standard InChI is InChI=1S/C14H21FN2O3S/c1-4-11-8-20-9(2)7-17(11)21(18,19)12-5-13(15)10(3)14(16)6-12/h5-6,9,11H,4,7-8,16H2,1-3H3. The number of hydrogen-bond acceptors (Lipinski definition) is 4. The molecule has 1 heterocycles. The van der Waals surface area contributed by atoms with E-state index in [1.807, 2.05) is 13.8 Å². The average molecular weight is 316 g/mol. The quantitative estimate of drug-likeness (QED) is 0.865. The number of nitrogens with two attached hydrogens (primary N) is 1. The normalized spacial score (nSPS) is 24.2. The molecular weight excluding hydrogens is 295 g/mol. The van der Waals surface area contributed by atoms with Gasteiger partial charge in [-0.3, -0.25) is 0 Å². The molecule has 1 aromatic rings. The van der Waals surface area contributed by atoms with Crippen LogP contribution in [0.5, 0.6) is 0 Å². The molecule has 2 rings (SSSR count). The van der Waals surface area contributed by atoms with Crippen molar-refractivity contribution in [3.05, 3.63) is 23.5 Å². The Kier molecular flexibility index (Phi) is 4.55. The summed E-state index contributed by atoms with van der Waals surface area (Å²) in [5.74, 6) is -0.608. The summed E-state index contributed by atoms with van der Waals surface area (Å²) in [5.41, 5.74) is 6.10. The zero-order valence-corrected chi connectivity index (χ0v) is 13.3. The Morgan fingerprint density at radius 2 is 2.14 bits per heavy atom. The fourth-order valence-corrected chi connectivity index (χ4v) is 4.20. The highest BCUT2D eigenvalue weighted by molar-refractivity contribution is 7.89. The second kappa shape index (κ2) is 5.90. The fourth-order valence-electron chi connectivity index (χ4n) is 2.39. The summed E-state index contributed by atoms with van der Waals surface area (Å²) in [6, 6.07) is 2.12. The van der Waals surface area contributed by atoms with Crippen LogP contribution in [0.4, 0.5) is 10.1 Å². The highest BCUT2D eigenvalue weighted by Gasteiger charge is 2.36. The van der Waals surface area contributed by atoms with E-state index in [4.69, 9.17) is 10.5 Å². The first-order valence-electron chi connectivity index (χ1n) is 6.96. The van der Waals surface area contributed by atoms with Gasteiger partial charge in [-0.2, -0.15) is 4.31 Å². The number of morpholine rings is 1. The Hall–Kier alpha value is -1.18. The van der Waals surface area contributed by atoms with Crippen LogP contribution in [0.3, 0.4) is 0 Å². The Morgan fingerprint density at radius 1 is 1.48 bits per heavy atom. The number of nitrogens with zero attached hydrogens (tertiary/aromatic N) is 1. The van der Waals surface area contributed by atoms with E-state index in [0.717, 1.165) is 6.07 Å². The van der Waals surface area contributed by atoms with Crippen molar-refractivity contribution in [3.63, 3.8) is 0 Å². The highest BCUT2D eigenvalue weighted by Crippen LogP contribution is 2.27. The maximum atomic E-state index is 13.8. The third-order valence-corrected chi connectivity index (χ3v) is 5.75. The van der Waals surface area contributed by atoms with Gasteiger partial charge in [-0.15, -0.1) is 0 Å². The molecule has 0 aliphatic carbocycles. The van der Waals surface area contributed by atoms with Gasteiger partial charge in [0.25, 0.3) is 0 Å². The molecule has 0 bridgehead atoms.